The minimum atomic E-state index is 0.520. The Morgan fingerprint density at radius 3 is 1.00 bits per heavy atom. The molecule has 0 aromatic carbocycles. The molecule has 0 aromatic rings. The second kappa shape index (κ2) is 14.2. The molecule has 0 nitrogen and oxygen atoms in total. The molecule has 28 heavy (non-hydrogen) atoms. The summed E-state index contributed by atoms with van der Waals surface area (Å²) in [5.41, 5.74) is 0. The van der Waals surface area contributed by atoms with Gasteiger partial charge in [-0.2, -0.15) is 0 Å². The van der Waals surface area contributed by atoms with E-state index in [9.17, 15) is 0 Å². The van der Waals surface area contributed by atoms with Crippen LogP contribution in [0.4, 0.5) is 0 Å². The molecular weight excluding hydrogens is 324 g/mol. The van der Waals surface area contributed by atoms with Crippen LogP contribution in [0.5, 0.6) is 0 Å². The molecule has 28 heteroatoms. The summed E-state index contributed by atoms with van der Waals surface area (Å²) in [4.78, 5) is 0. The quantitative estimate of drug-likeness (QED) is 0.297. The van der Waals surface area contributed by atoms with E-state index in [1.165, 1.54) is 7.06 Å². The Morgan fingerprint density at radius 2 is 0.821 bits per heavy atom. The second-order valence-corrected chi connectivity index (χ2v) is 11.8. The fourth-order valence-electron chi connectivity index (χ4n) is 6.94. The van der Waals surface area contributed by atoms with Crippen molar-refractivity contribution in [3.05, 3.63) is 0 Å². The molecular formula is H27B27S. The van der Waals surface area contributed by atoms with E-state index in [1.807, 2.05) is 0 Å². The van der Waals surface area contributed by atoms with E-state index in [-0.39, 0.29) is 0 Å². The van der Waals surface area contributed by atoms with Gasteiger partial charge in [-0.1, -0.05) is 0 Å². The monoisotopic (exact) mass is 356 g/mol. The van der Waals surface area contributed by atoms with Gasteiger partial charge < -0.3 is 0 Å². The van der Waals surface area contributed by atoms with Gasteiger partial charge in [0.2, 0.25) is 0 Å². The Hall–Kier alpha value is 1.97. The van der Waals surface area contributed by atoms with Crippen LogP contribution in [0, 0.1) is 0 Å². The summed E-state index contributed by atoms with van der Waals surface area (Å²) in [6, 6.07) is 2.22. The summed E-state index contributed by atoms with van der Waals surface area (Å²) in [6.45, 7) is 0. The zero-order chi connectivity index (χ0) is 22.3. The van der Waals surface area contributed by atoms with Crippen molar-refractivity contribution in [3.8, 4) is 0 Å². The van der Waals surface area contributed by atoms with Crippen molar-refractivity contribution in [1.29, 1.82) is 0 Å². The van der Waals surface area contributed by atoms with E-state index in [0.717, 1.165) is 6.39 Å². The molecule has 0 aromatic heterocycles. The number of hydrogen-bond donors (Lipinski definition) is 0. The summed E-state index contributed by atoms with van der Waals surface area (Å²) in [7, 11) is 32.9. The van der Waals surface area contributed by atoms with E-state index in [1.54, 1.807) is 0 Å². The molecule has 0 saturated carbocycles. The van der Waals surface area contributed by atoms with Crippen molar-refractivity contribution >= 4 is 202 Å². The Morgan fingerprint density at radius 1 is 0.500 bits per heavy atom. The van der Waals surface area contributed by atoms with E-state index in [0.29, 0.717) is 70.2 Å². The molecule has 0 amide bonds. The molecule has 0 rings (SSSR count). The van der Waals surface area contributed by atoms with Crippen LogP contribution in [0.2, 0.25) is 0 Å². The second-order valence-electron chi connectivity index (χ2n) is 11.6. The Labute approximate surface area is 201 Å². The molecule has 0 fully saturated rings. The van der Waals surface area contributed by atoms with Crippen molar-refractivity contribution in [2.75, 3.05) is 0 Å². The molecule has 0 spiro atoms. The Kier molecular flexibility index (Phi) is 15.2. The first kappa shape index (κ1) is 30.0. The standard InChI is InChI=1S/B27H27S/c1-14-22(16(2)3)26(21(12)13)23(15-28)27(24(17(4)5)18(6)7)25(19(8)9)20(10)11/h14H,1-13H2. The first-order chi connectivity index (χ1) is 12.8. The van der Waals surface area contributed by atoms with Crippen molar-refractivity contribution in [1.82, 2.24) is 0 Å². The van der Waals surface area contributed by atoms with Gasteiger partial charge in [0.1, 0.15) is 0 Å². The summed E-state index contributed by atoms with van der Waals surface area (Å²) in [6.07, 6.45) is 8.16. The molecule has 0 aliphatic heterocycles. The number of rotatable bonds is 13. The third-order valence-electron chi connectivity index (χ3n) is 7.61. The van der Waals surface area contributed by atoms with E-state index >= 15 is 0 Å². The average molecular weight is 351 g/mol. The predicted octanol–water partition coefficient (Wildman–Crippen LogP) is -16.9. The molecule has 114 valence electrons. The molecule has 0 unspecified atom stereocenters. The van der Waals surface area contributed by atoms with E-state index < -0.39 is 0 Å². The van der Waals surface area contributed by atoms with Crippen LogP contribution in [0.1, 0.15) is 0 Å². The zero-order valence-corrected chi connectivity index (χ0v) is 22.4. The molecule has 0 atom stereocenters. The molecule has 0 aliphatic rings. The van der Waals surface area contributed by atoms with Crippen molar-refractivity contribution in [3.63, 3.8) is 0 Å². The molecule has 0 saturated heterocycles. The van der Waals surface area contributed by atoms with Gasteiger partial charge >= 0.3 is 202 Å². The third kappa shape index (κ3) is 8.15. The molecule has 0 aliphatic carbocycles. The van der Waals surface area contributed by atoms with Crippen LogP contribution in [0.25, 0.3) is 0 Å². The summed E-state index contributed by atoms with van der Waals surface area (Å²) >= 11 is 5.86. The fraction of sp³-hybridized carbons (Fsp3) is 0. The predicted molar refractivity (Wildman–Crippen MR) is 201 cm³/mol. The van der Waals surface area contributed by atoms with Crippen LogP contribution < -0.4 is 0 Å². The molecule has 0 N–H and O–H groups in total. The first-order valence-corrected chi connectivity index (χ1v) is 12.8. The van der Waals surface area contributed by atoms with Crippen molar-refractivity contribution in [2.45, 2.75) is 0 Å². The first-order valence-electron chi connectivity index (χ1n) is 12.3. The van der Waals surface area contributed by atoms with Gasteiger partial charge in [-0.05, 0) is 0 Å². The van der Waals surface area contributed by atoms with Crippen molar-refractivity contribution < 1.29 is 0 Å². The Balaban J connectivity index is 6.63. The van der Waals surface area contributed by atoms with Crippen LogP contribution in [0.15, 0.2) is 0 Å². The van der Waals surface area contributed by atoms with Gasteiger partial charge in [0.15, 0.2) is 0 Å². The SMILES string of the molecule is BBB(B(B)B)B(B(B)B)B(B=S)B(B(B(B)B)B(B)B)B(B(B)B)B(B)B. The van der Waals surface area contributed by atoms with Crippen LogP contribution in [-0.2, 0) is 0 Å². The topological polar surface area (TPSA) is 0 Å². The zero-order valence-electron chi connectivity index (χ0n) is 21.6. The van der Waals surface area contributed by atoms with Crippen molar-refractivity contribution in [2.24, 2.45) is 0 Å². The Bertz CT molecular complexity index is 382. The molecule has 0 radical (unpaired) electrons. The van der Waals surface area contributed by atoms with Gasteiger partial charge in [0, 0.05) is 0 Å². The minimum absolute atomic E-state index is 0.520. The van der Waals surface area contributed by atoms with E-state index in [4.69, 9.17) is 12.1 Å². The maximum absolute atomic E-state index is 5.86. The van der Waals surface area contributed by atoms with Gasteiger partial charge in [0.25, 0.3) is 0 Å². The normalized spacial score (nSPS) is 9.14. The summed E-state index contributed by atoms with van der Waals surface area (Å²) < 4.78 is 0. The van der Waals surface area contributed by atoms with Crippen LogP contribution in [0.3, 0.4) is 0 Å². The fourth-order valence-corrected chi connectivity index (χ4v) is 7.30. The summed E-state index contributed by atoms with van der Waals surface area (Å²) in [5.74, 6) is 0. The third-order valence-corrected chi connectivity index (χ3v) is 7.92. The van der Waals surface area contributed by atoms with E-state index in [2.05, 4.69) is 107 Å². The van der Waals surface area contributed by atoms with Crippen LogP contribution in [-0.4, -0.2) is 190 Å². The molecule has 0 bridgehead atoms. The van der Waals surface area contributed by atoms with Gasteiger partial charge in [-0.25, -0.2) is 0 Å². The molecule has 0 heterocycles. The average Bonchev–Trinajstić information content (AvgIpc) is 2.52. The van der Waals surface area contributed by atoms with Gasteiger partial charge in [-0.3, -0.25) is 0 Å². The summed E-state index contributed by atoms with van der Waals surface area (Å²) in [5, 5.41) is 0. The number of hydrogen-bond acceptors (Lipinski definition) is 1. The van der Waals surface area contributed by atoms with Gasteiger partial charge in [0.05, 0.1) is 0 Å². The van der Waals surface area contributed by atoms with Gasteiger partial charge in [-0.15, -0.1) is 0 Å². The van der Waals surface area contributed by atoms with Crippen LogP contribution >= 0.6 is 12.1 Å². The maximum atomic E-state index is 5.86.